The van der Waals surface area contributed by atoms with Crippen molar-refractivity contribution in [3.63, 3.8) is 0 Å². The molecule has 2 aromatic rings. The molecule has 174 valence electrons. The van der Waals surface area contributed by atoms with E-state index in [0.29, 0.717) is 6.61 Å². The SMILES string of the molecule is COc1cc2c(cc1C)OCC1C2=NOC1CN1CCN(C/C(C)=C/c2ccccc2)CC1. The minimum Gasteiger partial charge on any atom is -0.496 e. The van der Waals surface area contributed by atoms with E-state index < -0.39 is 0 Å². The van der Waals surface area contributed by atoms with Gasteiger partial charge in [0, 0.05) is 44.8 Å². The van der Waals surface area contributed by atoms with Gasteiger partial charge in [0.25, 0.3) is 0 Å². The molecule has 1 fully saturated rings. The smallest absolute Gasteiger partial charge is 0.151 e. The predicted molar refractivity (Wildman–Crippen MR) is 131 cm³/mol. The summed E-state index contributed by atoms with van der Waals surface area (Å²) in [5.74, 6) is 1.90. The fourth-order valence-electron chi connectivity index (χ4n) is 5.03. The number of benzene rings is 2. The van der Waals surface area contributed by atoms with Gasteiger partial charge in [-0.1, -0.05) is 47.1 Å². The van der Waals surface area contributed by atoms with Gasteiger partial charge in [-0.05, 0) is 37.1 Å². The monoisotopic (exact) mass is 447 g/mol. The Morgan fingerprint density at radius 3 is 2.64 bits per heavy atom. The lowest BCUT2D eigenvalue weighted by Gasteiger charge is -2.36. The van der Waals surface area contributed by atoms with Crippen LogP contribution in [0.15, 0.2) is 53.2 Å². The maximum atomic E-state index is 6.10. The third-order valence-electron chi connectivity index (χ3n) is 6.87. The second-order valence-corrected chi connectivity index (χ2v) is 9.33. The third-order valence-corrected chi connectivity index (χ3v) is 6.87. The van der Waals surface area contributed by atoms with Crippen molar-refractivity contribution in [1.82, 2.24) is 9.80 Å². The van der Waals surface area contributed by atoms with Crippen molar-refractivity contribution in [2.75, 3.05) is 53.0 Å². The van der Waals surface area contributed by atoms with Gasteiger partial charge in [-0.2, -0.15) is 0 Å². The van der Waals surface area contributed by atoms with E-state index in [1.807, 2.05) is 19.1 Å². The molecule has 0 aromatic heterocycles. The van der Waals surface area contributed by atoms with Crippen molar-refractivity contribution >= 4 is 11.8 Å². The minimum atomic E-state index is 0.0340. The molecule has 2 atom stereocenters. The molecule has 5 rings (SSSR count). The van der Waals surface area contributed by atoms with Gasteiger partial charge in [-0.15, -0.1) is 0 Å². The first kappa shape index (κ1) is 22.0. The molecule has 6 heteroatoms. The number of nitrogens with zero attached hydrogens (tertiary/aromatic N) is 3. The van der Waals surface area contributed by atoms with E-state index in [1.165, 1.54) is 11.1 Å². The van der Waals surface area contributed by atoms with Crippen LogP contribution in [-0.2, 0) is 4.84 Å². The fraction of sp³-hybridized carbons (Fsp3) is 0.444. The number of oxime groups is 1. The maximum Gasteiger partial charge on any atom is 0.151 e. The van der Waals surface area contributed by atoms with Gasteiger partial charge in [-0.25, -0.2) is 0 Å². The maximum absolute atomic E-state index is 6.10. The number of fused-ring (bicyclic) bond motifs is 3. The highest BCUT2D eigenvalue weighted by atomic mass is 16.6. The number of hydrogen-bond donors (Lipinski definition) is 0. The summed E-state index contributed by atoms with van der Waals surface area (Å²) in [6, 6.07) is 14.6. The molecule has 0 N–H and O–H groups in total. The Balaban J connectivity index is 1.15. The molecule has 3 aliphatic heterocycles. The van der Waals surface area contributed by atoms with E-state index in [4.69, 9.17) is 14.3 Å². The molecular weight excluding hydrogens is 414 g/mol. The van der Waals surface area contributed by atoms with Crippen molar-refractivity contribution < 1.29 is 14.3 Å². The highest BCUT2D eigenvalue weighted by molar-refractivity contribution is 6.06. The molecule has 0 bridgehead atoms. The molecule has 3 heterocycles. The summed E-state index contributed by atoms with van der Waals surface area (Å²) in [7, 11) is 1.70. The van der Waals surface area contributed by atoms with Crippen molar-refractivity contribution in [3.05, 3.63) is 64.7 Å². The first-order valence-corrected chi connectivity index (χ1v) is 11.8. The summed E-state index contributed by atoms with van der Waals surface area (Å²) in [5.41, 5.74) is 5.74. The van der Waals surface area contributed by atoms with E-state index >= 15 is 0 Å². The standard InChI is InChI=1S/C27H33N3O3/c1-19(13-21-7-5-4-6-8-21)16-29-9-11-30(12-10-29)17-26-23-18-32-25-14-20(2)24(31-3)15-22(25)27(23)28-33-26/h4-8,13-15,23,26H,9-12,16-18H2,1-3H3/b19-13+. The number of methoxy groups -OCH3 is 1. The van der Waals surface area contributed by atoms with Crippen LogP contribution in [-0.4, -0.2) is 74.6 Å². The van der Waals surface area contributed by atoms with Gasteiger partial charge in [-0.3, -0.25) is 9.80 Å². The fourth-order valence-corrected chi connectivity index (χ4v) is 5.03. The molecule has 0 aliphatic carbocycles. The van der Waals surface area contributed by atoms with E-state index in [9.17, 15) is 0 Å². The normalized spacial score (nSPS) is 23.2. The van der Waals surface area contributed by atoms with Gasteiger partial charge in [0.2, 0.25) is 0 Å². The van der Waals surface area contributed by atoms with E-state index in [1.54, 1.807) is 7.11 Å². The summed E-state index contributed by atoms with van der Waals surface area (Å²) in [6.07, 6.45) is 2.32. The second-order valence-electron chi connectivity index (χ2n) is 9.33. The molecule has 0 amide bonds. The highest BCUT2D eigenvalue weighted by Gasteiger charge is 2.41. The number of piperazine rings is 1. The average molecular weight is 448 g/mol. The van der Waals surface area contributed by atoms with Crippen LogP contribution in [0, 0.1) is 12.8 Å². The number of ether oxygens (including phenoxy) is 2. The van der Waals surface area contributed by atoms with Crippen LogP contribution in [0.25, 0.3) is 6.08 Å². The van der Waals surface area contributed by atoms with Gasteiger partial charge in [0.05, 0.1) is 13.0 Å². The quantitative estimate of drug-likeness (QED) is 0.674. The molecule has 2 aromatic carbocycles. The third kappa shape index (κ3) is 4.77. The number of rotatable bonds is 6. The first-order valence-electron chi connectivity index (χ1n) is 11.8. The average Bonchev–Trinajstić information content (AvgIpc) is 3.23. The topological polar surface area (TPSA) is 46.5 Å². The van der Waals surface area contributed by atoms with Crippen LogP contribution in [0.5, 0.6) is 11.5 Å². The highest BCUT2D eigenvalue weighted by Crippen LogP contribution is 2.37. The van der Waals surface area contributed by atoms with E-state index in [2.05, 4.69) is 58.3 Å². The van der Waals surface area contributed by atoms with Gasteiger partial charge >= 0.3 is 0 Å². The summed E-state index contributed by atoms with van der Waals surface area (Å²) < 4.78 is 11.6. The second kappa shape index (κ2) is 9.57. The molecular formula is C27H33N3O3. The van der Waals surface area contributed by atoms with Crippen LogP contribution < -0.4 is 9.47 Å². The van der Waals surface area contributed by atoms with E-state index in [-0.39, 0.29) is 12.0 Å². The molecule has 0 radical (unpaired) electrons. The number of aryl methyl sites for hydroxylation is 1. The Bertz CT molecular complexity index is 1040. The molecule has 3 aliphatic rings. The van der Waals surface area contributed by atoms with Crippen LogP contribution in [0.4, 0.5) is 0 Å². The summed E-state index contributed by atoms with van der Waals surface area (Å²) in [6.45, 7) is 11.0. The lowest BCUT2D eigenvalue weighted by atomic mass is 9.89. The zero-order valence-electron chi connectivity index (χ0n) is 19.8. The van der Waals surface area contributed by atoms with Crippen LogP contribution in [0.1, 0.15) is 23.6 Å². The molecule has 0 saturated carbocycles. The van der Waals surface area contributed by atoms with Gasteiger partial charge in [0.15, 0.2) is 6.10 Å². The van der Waals surface area contributed by atoms with E-state index in [0.717, 1.165) is 67.6 Å². The summed E-state index contributed by atoms with van der Waals surface area (Å²) >= 11 is 0. The molecule has 6 nitrogen and oxygen atoms in total. The molecule has 33 heavy (non-hydrogen) atoms. The first-order chi connectivity index (χ1) is 16.1. The largest absolute Gasteiger partial charge is 0.496 e. The van der Waals surface area contributed by atoms with Gasteiger partial charge in [0.1, 0.15) is 23.8 Å². The van der Waals surface area contributed by atoms with Crippen LogP contribution >= 0.6 is 0 Å². The van der Waals surface area contributed by atoms with Crippen LogP contribution in [0.3, 0.4) is 0 Å². The Morgan fingerprint density at radius 1 is 1.12 bits per heavy atom. The molecule has 2 unspecified atom stereocenters. The lowest BCUT2D eigenvalue weighted by molar-refractivity contribution is 0.0101. The van der Waals surface area contributed by atoms with Crippen molar-refractivity contribution in [2.45, 2.75) is 20.0 Å². The van der Waals surface area contributed by atoms with Crippen molar-refractivity contribution in [3.8, 4) is 11.5 Å². The number of hydrogen-bond acceptors (Lipinski definition) is 6. The molecule has 0 spiro atoms. The zero-order chi connectivity index (χ0) is 22.8. The summed E-state index contributed by atoms with van der Waals surface area (Å²) in [5, 5.41) is 4.48. The Morgan fingerprint density at radius 2 is 1.88 bits per heavy atom. The Hall–Kier alpha value is -2.83. The Kier molecular flexibility index (Phi) is 6.38. The van der Waals surface area contributed by atoms with Gasteiger partial charge < -0.3 is 14.3 Å². The minimum absolute atomic E-state index is 0.0340. The molecule has 1 saturated heterocycles. The van der Waals surface area contributed by atoms with Crippen LogP contribution in [0.2, 0.25) is 0 Å². The Labute approximate surface area is 196 Å². The van der Waals surface area contributed by atoms with Crippen molar-refractivity contribution in [1.29, 1.82) is 0 Å². The zero-order valence-corrected chi connectivity index (χ0v) is 19.8. The van der Waals surface area contributed by atoms with Crippen molar-refractivity contribution in [2.24, 2.45) is 11.1 Å². The lowest BCUT2D eigenvalue weighted by Crippen LogP contribution is -2.50. The summed E-state index contributed by atoms with van der Waals surface area (Å²) in [4.78, 5) is 11.0. The predicted octanol–water partition coefficient (Wildman–Crippen LogP) is 3.84.